The van der Waals surface area contributed by atoms with E-state index in [1.165, 1.54) is 0 Å². The Morgan fingerprint density at radius 2 is 1.25 bits per heavy atom. The zero-order chi connectivity index (χ0) is 14.5. The number of carbonyl (C=O) groups is 2. The standard InChI is InChI=1S/C17H27NO2/c1-12(19)15-5-3-14(4-6-15)11-18-17-9-7-16(8-10-17)13(2)20/h11,14-17H,3-10H2,1-2H3. The predicted octanol–water partition coefficient (Wildman–Crippen LogP) is 3.60. The highest BCUT2D eigenvalue weighted by molar-refractivity contribution is 5.79. The van der Waals surface area contributed by atoms with Crippen molar-refractivity contribution >= 4 is 17.8 Å². The third-order valence-electron chi connectivity index (χ3n) is 5.13. The van der Waals surface area contributed by atoms with Crippen LogP contribution in [0, 0.1) is 17.8 Å². The van der Waals surface area contributed by atoms with Gasteiger partial charge in [-0.25, -0.2) is 0 Å². The van der Waals surface area contributed by atoms with Gasteiger partial charge in [0, 0.05) is 24.1 Å². The van der Waals surface area contributed by atoms with Crippen LogP contribution in [0.1, 0.15) is 65.2 Å². The summed E-state index contributed by atoms with van der Waals surface area (Å²) in [5.74, 6) is 1.84. The maximum atomic E-state index is 11.3. The summed E-state index contributed by atoms with van der Waals surface area (Å²) in [6.45, 7) is 3.42. The van der Waals surface area contributed by atoms with Crippen LogP contribution >= 0.6 is 0 Å². The minimum Gasteiger partial charge on any atom is -0.300 e. The number of nitrogens with zero attached hydrogens (tertiary/aromatic N) is 1. The highest BCUT2D eigenvalue weighted by atomic mass is 16.1. The predicted molar refractivity (Wildman–Crippen MR) is 81.0 cm³/mol. The molecule has 112 valence electrons. The van der Waals surface area contributed by atoms with Crippen LogP contribution in [0.25, 0.3) is 0 Å². The van der Waals surface area contributed by atoms with Gasteiger partial charge in [0.25, 0.3) is 0 Å². The fourth-order valence-corrected chi connectivity index (χ4v) is 3.55. The molecule has 0 saturated heterocycles. The third-order valence-corrected chi connectivity index (χ3v) is 5.13. The number of aliphatic imine (C=N–C) groups is 1. The van der Waals surface area contributed by atoms with Gasteiger partial charge >= 0.3 is 0 Å². The third kappa shape index (κ3) is 4.26. The molecule has 0 aromatic rings. The van der Waals surface area contributed by atoms with E-state index in [0.29, 0.717) is 29.4 Å². The van der Waals surface area contributed by atoms with Gasteiger partial charge in [-0.3, -0.25) is 14.6 Å². The second-order valence-electron chi connectivity index (χ2n) is 6.64. The Balaban J connectivity index is 1.72. The average Bonchev–Trinajstić information content (AvgIpc) is 2.46. The second kappa shape index (κ2) is 7.14. The van der Waals surface area contributed by atoms with Crippen LogP contribution in [0.4, 0.5) is 0 Å². The van der Waals surface area contributed by atoms with Gasteiger partial charge in [0.05, 0.1) is 0 Å². The van der Waals surface area contributed by atoms with Gasteiger partial charge in [0.2, 0.25) is 0 Å². The van der Waals surface area contributed by atoms with Gasteiger partial charge in [-0.05, 0) is 71.1 Å². The first-order chi connectivity index (χ1) is 9.56. The normalized spacial score (nSPS) is 35.1. The molecule has 0 unspecified atom stereocenters. The van der Waals surface area contributed by atoms with Crippen molar-refractivity contribution in [3.8, 4) is 0 Å². The zero-order valence-electron chi connectivity index (χ0n) is 12.8. The lowest BCUT2D eigenvalue weighted by atomic mass is 9.80. The van der Waals surface area contributed by atoms with E-state index >= 15 is 0 Å². The van der Waals surface area contributed by atoms with Crippen molar-refractivity contribution in [2.45, 2.75) is 71.3 Å². The molecule has 0 amide bonds. The van der Waals surface area contributed by atoms with E-state index in [0.717, 1.165) is 51.4 Å². The van der Waals surface area contributed by atoms with Crippen molar-refractivity contribution < 1.29 is 9.59 Å². The lowest BCUT2D eigenvalue weighted by Gasteiger charge is -2.26. The summed E-state index contributed by atoms with van der Waals surface area (Å²) in [4.78, 5) is 27.4. The van der Waals surface area contributed by atoms with Crippen LogP contribution in [0.3, 0.4) is 0 Å². The largest absolute Gasteiger partial charge is 0.300 e. The molecule has 2 rings (SSSR count). The van der Waals surface area contributed by atoms with E-state index in [1.807, 2.05) is 0 Å². The van der Waals surface area contributed by atoms with Crippen LogP contribution in [-0.2, 0) is 9.59 Å². The Kier molecular flexibility index (Phi) is 5.50. The van der Waals surface area contributed by atoms with E-state index in [1.54, 1.807) is 13.8 Å². The quantitative estimate of drug-likeness (QED) is 0.737. The van der Waals surface area contributed by atoms with Crippen LogP contribution < -0.4 is 0 Å². The smallest absolute Gasteiger partial charge is 0.132 e. The molecular weight excluding hydrogens is 250 g/mol. The summed E-state index contributed by atoms with van der Waals surface area (Å²) in [5.41, 5.74) is 0. The Morgan fingerprint density at radius 3 is 1.70 bits per heavy atom. The highest BCUT2D eigenvalue weighted by Gasteiger charge is 2.25. The molecule has 0 aromatic carbocycles. The molecular formula is C17H27NO2. The number of rotatable bonds is 4. The summed E-state index contributed by atoms with van der Waals surface area (Å²) >= 11 is 0. The zero-order valence-corrected chi connectivity index (χ0v) is 12.8. The molecule has 2 fully saturated rings. The molecule has 2 saturated carbocycles. The molecule has 0 bridgehead atoms. The van der Waals surface area contributed by atoms with Crippen molar-refractivity contribution in [3.63, 3.8) is 0 Å². The van der Waals surface area contributed by atoms with Crippen molar-refractivity contribution in [3.05, 3.63) is 0 Å². The van der Waals surface area contributed by atoms with E-state index in [2.05, 4.69) is 6.21 Å². The van der Waals surface area contributed by atoms with Gasteiger partial charge < -0.3 is 0 Å². The van der Waals surface area contributed by atoms with E-state index in [4.69, 9.17) is 4.99 Å². The van der Waals surface area contributed by atoms with Crippen molar-refractivity contribution in [1.82, 2.24) is 0 Å². The van der Waals surface area contributed by atoms with Crippen molar-refractivity contribution in [2.24, 2.45) is 22.7 Å². The molecule has 3 heteroatoms. The van der Waals surface area contributed by atoms with Crippen LogP contribution in [0.5, 0.6) is 0 Å². The fourth-order valence-electron chi connectivity index (χ4n) is 3.55. The lowest BCUT2D eigenvalue weighted by Crippen LogP contribution is -2.23. The first-order valence-electron chi connectivity index (χ1n) is 8.10. The average molecular weight is 277 g/mol. The topological polar surface area (TPSA) is 46.5 Å². The molecule has 0 N–H and O–H groups in total. The maximum absolute atomic E-state index is 11.3. The van der Waals surface area contributed by atoms with Gasteiger partial charge in [-0.2, -0.15) is 0 Å². The number of ketones is 2. The molecule has 0 atom stereocenters. The fraction of sp³-hybridized carbons (Fsp3) is 0.824. The molecule has 0 aromatic heterocycles. The molecule has 0 radical (unpaired) electrons. The minimum absolute atomic E-state index is 0.285. The number of carbonyl (C=O) groups excluding carboxylic acids is 2. The molecule has 2 aliphatic rings. The molecule has 20 heavy (non-hydrogen) atoms. The van der Waals surface area contributed by atoms with Gasteiger partial charge in [-0.15, -0.1) is 0 Å². The summed E-state index contributed by atoms with van der Waals surface area (Å²) < 4.78 is 0. The first-order valence-corrected chi connectivity index (χ1v) is 8.10. The molecule has 0 aliphatic heterocycles. The van der Waals surface area contributed by atoms with E-state index in [-0.39, 0.29) is 5.92 Å². The second-order valence-corrected chi connectivity index (χ2v) is 6.64. The summed E-state index contributed by atoms with van der Waals surface area (Å²) in [5, 5.41) is 0. The number of hydrogen-bond acceptors (Lipinski definition) is 3. The summed E-state index contributed by atoms with van der Waals surface area (Å²) in [7, 11) is 0. The first kappa shape index (κ1) is 15.4. The Bertz CT molecular complexity index is 336. The number of hydrogen-bond donors (Lipinski definition) is 0. The van der Waals surface area contributed by atoms with E-state index in [9.17, 15) is 9.59 Å². The molecule has 2 aliphatic carbocycles. The van der Waals surface area contributed by atoms with Crippen LogP contribution in [0.2, 0.25) is 0 Å². The Hall–Kier alpha value is -0.990. The summed E-state index contributed by atoms with van der Waals surface area (Å²) in [6, 6.07) is 0.427. The lowest BCUT2D eigenvalue weighted by molar-refractivity contribution is -0.122. The Labute approximate surface area is 122 Å². The number of Topliss-reactive ketones (excluding diaryl/α,β-unsaturated/α-hetero) is 2. The van der Waals surface area contributed by atoms with Crippen LogP contribution in [-0.4, -0.2) is 23.8 Å². The minimum atomic E-state index is 0.285. The Morgan fingerprint density at radius 1 is 0.800 bits per heavy atom. The van der Waals surface area contributed by atoms with Crippen molar-refractivity contribution in [2.75, 3.05) is 0 Å². The molecule has 0 heterocycles. The van der Waals surface area contributed by atoms with Gasteiger partial charge in [0.1, 0.15) is 11.6 Å². The van der Waals surface area contributed by atoms with E-state index < -0.39 is 0 Å². The SMILES string of the molecule is CC(=O)C1CCC(C=NC2CCC(C(C)=O)CC2)CC1. The molecule has 3 nitrogen and oxygen atoms in total. The van der Waals surface area contributed by atoms with Crippen molar-refractivity contribution in [1.29, 1.82) is 0 Å². The molecule has 0 spiro atoms. The highest BCUT2D eigenvalue weighted by Crippen LogP contribution is 2.30. The monoisotopic (exact) mass is 277 g/mol. The van der Waals surface area contributed by atoms with Crippen LogP contribution in [0.15, 0.2) is 4.99 Å². The van der Waals surface area contributed by atoms with Gasteiger partial charge in [-0.1, -0.05) is 0 Å². The van der Waals surface area contributed by atoms with Gasteiger partial charge in [0.15, 0.2) is 0 Å². The maximum Gasteiger partial charge on any atom is 0.132 e. The summed E-state index contributed by atoms with van der Waals surface area (Å²) in [6.07, 6.45) is 10.6.